The van der Waals surface area contributed by atoms with E-state index in [1.54, 1.807) is 16.7 Å². The van der Waals surface area contributed by atoms with Crippen LogP contribution in [0.4, 0.5) is 0 Å². The van der Waals surface area contributed by atoms with Gasteiger partial charge in [0.15, 0.2) is 0 Å². The van der Waals surface area contributed by atoms with E-state index in [9.17, 15) is 14.4 Å². The molecule has 2 heterocycles. The molecule has 2 aromatic carbocycles. The summed E-state index contributed by atoms with van der Waals surface area (Å²) in [4.78, 5) is 39.6. The first-order valence-corrected chi connectivity index (χ1v) is 17.0. The Morgan fingerprint density at radius 3 is 2.36 bits per heavy atom. The van der Waals surface area contributed by atoms with Crippen LogP contribution in [0.1, 0.15) is 114 Å². The van der Waals surface area contributed by atoms with Crippen LogP contribution in [0.2, 0.25) is 0 Å². The molecule has 7 heteroatoms. The Bertz CT molecular complexity index is 1380. The molecule has 2 aliphatic heterocycles. The van der Waals surface area contributed by atoms with Crippen LogP contribution in [0, 0.1) is 23.0 Å². The molecule has 45 heavy (non-hydrogen) atoms. The van der Waals surface area contributed by atoms with Crippen molar-refractivity contribution in [3.8, 4) is 11.2 Å². The Morgan fingerprint density at radius 2 is 1.80 bits per heavy atom. The van der Waals surface area contributed by atoms with Gasteiger partial charge in [-0.25, -0.2) is 0 Å². The number of rotatable bonds is 8. The van der Waals surface area contributed by atoms with Gasteiger partial charge in [0.2, 0.25) is 12.3 Å². The van der Waals surface area contributed by atoms with E-state index in [1.165, 1.54) is 27.2 Å². The minimum atomic E-state index is -0.0174. The number of nitrogens with zero attached hydrogens (tertiary/aromatic N) is 2. The lowest BCUT2D eigenvalue weighted by atomic mass is 9.94. The minimum Gasteiger partial charge on any atom is -0.355 e. The third-order valence-corrected chi connectivity index (χ3v) is 8.36. The predicted octanol–water partition coefficient (Wildman–Crippen LogP) is 8.08. The molecule has 3 amide bonds. The first-order valence-electron chi connectivity index (χ1n) is 16.2. The van der Waals surface area contributed by atoms with Gasteiger partial charge in [-0.15, -0.1) is 0 Å². The zero-order valence-corrected chi connectivity index (χ0v) is 29.6. The molecular formula is C38H53N3O3S. The van der Waals surface area contributed by atoms with Crippen LogP contribution < -0.4 is 5.32 Å². The zero-order chi connectivity index (χ0) is 33.5. The van der Waals surface area contributed by atoms with Gasteiger partial charge in [0, 0.05) is 43.1 Å². The lowest BCUT2D eigenvalue weighted by Crippen LogP contribution is -2.39. The maximum absolute atomic E-state index is 12.2. The fourth-order valence-corrected chi connectivity index (χ4v) is 5.83. The SMILES string of the molecule is CC(C)C.CC1CCN(C(=O)CN2Cc3ccccc3C2=O)C1.CCC#CSC(=C(C)C)c1ccc(CNC=O)c(C(C)C)c1. The minimum absolute atomic E-state index is 0.0174. The van der Waals surface area contributed by atoms with Gasteiger partial charge in [-0.2, -0.15) is 0 Å². The maximum atomic E-state index is 12.2. The van der Waals surface area contributed by atoms with Gasteiger partial charge in [-0.3, -0.25) is 14.4 Å². The molecule has 1 fully saturated rings. The molecule has 244 valence electrons. The lowest BCUT2D eigenvalue weighted by Gasteiger charge is -2.21. The van der Waals surface area contributed by atoms with Crippen LogP contribution in [0.15, 0.2) is 48.0 Å². The average Bonchev–Trinajstić information content (AvgIpc) is 3.57. The summed E-state index contributed by atoms with van der Waals surface area (Å²) in [5, 5.41) is 5.92. The number of likely N-dealkylation sites (tertiary alicyclic amines) is 1. The Balaban J connectivity index is 0.000000282. The summed E-state index contributed by atoms with van der Waals surface area (Å²) < 4.78 is 0. The van der Waals surface area contributed by atoms with Crippen molar-refractivity contribution in [2.45, 2.75) is 94.2 Å². The second-order valence-corrected chi connectivity index (χ2v) is 13.7. The smallest absolute Gasteiger partial charge is 0.254 e. The number of thioether (sulfide) groups is 1. The monoisotopic (exact) mass is 631 g/mol. The van der Waals surface area contributed by atoms with E-state index in [-0.39, 0.29) is 18.4 Å². The maximum Gasteiger partial charge on any atom is 0.254 e. The van der Waals surface area contributed by atoms with Gasteiger partial charge in [-0.05, 0) is 83.4 Å². The molecule has 1 saturated heterocycles. The van der Waals surface area contributed by atoms with Crippen LogP contribution in [0.3, 0.4) is 0 Å². The molecule has 0 aromatic heterocycles. The lowest BCUT2D eigenvalue weighted by molar-refractivity contribution is -0.131. The van der Waals surface area contributed by atoms with E-state index in [0.29, 0.717) is 24.9 Å². The molecule has 1 N–H and O–H groups in total. The quantitative estimate of drug-likeness (QED) is 0.236. The topological polar surface area (TPSA) is 69.7 Å². The van der Waals surface area contributed by atoms with Crippen molar-refractivity contribution in [2.75, 3.05) is 19.6 Å². The van der Waals surface area contributed by atoms with Crippen LogP contribution in [-0.2, 0) is 22.7 Å². The second kappa shape index (κ2) is 19.1. The van der Waals surface area contributed by atoms with Crippen molar-refractivity contribution >= 4 is 34.9 Å². The number of hydrogen-bond donors (Lipinski definition) is 1. The van der Waals surface area contributed by atoms with E-state index in [0.717, 1.165) is 49.4 Å². The number of carbonyl (C=O) groups is 3. The highest BCUT2D eigenvalue weighted by molar-refractivity contribution is 8.12. The number of benzene rings is 2. The molecule has 6 nitrogen and oxygen atoms in total. The van der Waals surface area contributed by atoms with Crippen LogP contribution in [-0.4, -0.2) is 47.7 Å². The summed E-state index contributed by atoms with van der Waals surface area (Å²) >= 11 is 1.60. The molecule has 1 atom stereocenters. The van der Waals surface area contributed by atoms with Gasteiger partial charge in [0.25, 0.3) is 5.91 Å². The van der Waals surface area contributed by atoms with Crippen molar-refractivity contribution in [3.05, 3.63) is 75.9 Å². The summed E-state index contributed by atoms with van der Waals surface area (Å²) in [6.45, 7) is 22.3. The van der Waals surface area contributed by atoms with Crippen molar-refractivity contribution in [1.82, 2.24) is 15.1 Å². The first kappa shape index (κ1) is 37.7. The molecule has 0 saturated carbocycles. The normalized spacial score (nSPS) is 14.9. The first-order chi connectivity index (χ1) is 21.4. The van der Waals surface area contributed by atoms with E-state index in [4.69, 9.17) is 0 Å². The largest absolute Gasteiger partial charge is 0.355 e. The number of allylic oxidation sites excluding steroid dienone is 1. The summed E-state index contributed by atoms with van der Waals surface area (Å²) in [6.07, 6.45) is 2.69. The van der Waals surface area contributed by atoms with Crippen molar-refractivity contribution < 1.29 is 14.4 Å². The average molecular weight is 632 g/mol. The third kappa shape index (κ3) is 12.1. The zero-order valence-electron chi connectivity index (χ0n) is 28.8. The van der Waals surface area contributed by atoms with E-state index in [1.807, 2.05) is 29.2 Å². The van der Waals surface area contributed by atoms with Gasteiger partial charge in [-0.1, -0.05) is 96.4 Å². The molecule has 2 aromatic rings. The van der Waals surface area contributed by atoms with Crippen LogP contribution in [0.5, 0.6) is 0 Å². The van der Waals surface area contributed by atoms with Gasteiger partial charge in [0.05, 0.1) is 0 Å². The molecule has 0 spiro atoms. The number of amides is 3. The fourth-order valence-electron chi connectivity index (χ4n) is 5.06. The molecule has 2 aliphatic rings. The van der Waals surface area contributed by atoms with E-state index < -0.39 is 0 Å². The molecule has 4 rings (SSSR count). The summed E-state index contributed by atoms with van der Waals surface area (Å²) in [5.41, 5.74) is 6.68. The van der Waals surface area contributed by atoms with Crippen molar-refractivity contribution in [3.63, 3.8) is 0 Å². The highest BCUT2D eigenvalue weighted by atomic mass is 32.2. The Morgan fingerprint density at radius 1 is 1.11 bits per heavy atom. The van der Waals surface area contributed by atoms with Crippen LogP contribution in [0.25, 0.3) is 4.91 Å². The molecule has 0 aliphatic carbocycles. The van der Waals surface area contributed by atoms with Crippen molar-refractivity contribution in [2.24, 2.45) is 11.8 Å². The summed E-state index contributed by atoms with van der Waals surface area (Å²) in [5.74, 6) is 4.99. The Kier molecular flexibility index (Phi) is 16.0. The number of carbonyl (C=O) groups excluding carboxylic acids is 3. The standard InChI is InChI=1S/C19H25NOS.C15H18N2O2.C4H10/c1-6-7-10-22-19(15(4)5)16-8-9-17(12-20-13-21)18(11-16)14(2)3;1-11-6-7-16(8-11)14(18)10-17-9-12-4-2-3-5-13(12)15(17)19;1-4(2)3/h8-9,11,13-14H,6,12H2,1-5H3,(H,20,21);2-5,11H,6-10H2,1H3;4H,1-3H3. The molecular weight excluding hydrogens is 579 g/mol. The van der Waals surface area contributed by atoms with Crippen LogP contribution >= 0.6 is 11.8 Å². The Hall–Kier alpha value is -3.50. The predicted molar refractivity (Wildman–Crippen MR) is 189 cm³/mol. The van der Waals surface area contributed by atoms with Crippen molar-refractivity contribution in [1.29, 1.82) is 0 Å². The van der Waals surface area contributed by atoms with E-state index in [2.05, 4.69) is 97.0 Å². The fraction of sp³-hybridized carbons (Fsp3) is 0.500. The number of fused-ring (bicyclic) bond motifs is 1. The number of nitrogens with one attached hydrogen (secondary N) is 1. The summed E-state index contributed by atoms with van der Waals surface area (Å²) in [7, 11) is 0. The second-order valence-electron chi connectivity index (χ2n) is 12.9. The van der Waals surface area contributed by atoms with Gasteiger partial charge < -0.3 is 15.1 Å². The summed E-state index contributed by atoms with van der Waals surface area (Å²) in [6, 6.07) is 14.0. The van der Waals surface area contributed by atoms with Gasteiger partial charge >= 0.3 is 0 Å². The highest BCUT2D eigenvalue weighted by Crippen LogP contribution is 2.33. The van der Waals surface area contributed by atoms with Gasteiger partial charge in [0.1, 0.15) is 6.54 Å². The molecule has 1 unspecified atom stereocenters. The highest BCUT2D eigenvalue weighted by Gasteiger charge is 2.31. The molecule has 0 radical (unpaired) electrons. The van der Waals surface area contributed by atoms with E-state index >= 15 is 0 Å². The number of hydrogen-bond acceptors (Lipinski definition) is 4. The Labute approximate surface area is 276 Å². The molecule has 0 bridgehead atoms. The third-order valence-electron chi connectivity index (χ3n) is 7.26.